The van der Waals surface area contributed by atoms with E-state index in [-0.39, 0.29) is 12.6 Å². The van der Waals surface area contributed by atoms with Gasteiger partial charge in [-0.2, -0.15) is 11.8 Å². The van der Waals surface area contributed by atoms with Crippen molar-refractivity contribution in [2.75, 3.05) is 24.6 Å². The Morgan fingerprint density at radius 3 is 1.86 bits per heavy atom. The molecule has 1 rings (SSSR count). The van der Waals surface area contributed by atoms with E-state index in [0.717, 1.165) is 18.4 Å². The van der Waals surface area contributed by atoms with Gasteiger partial charge < -0.3 is 25.4 Å². The summed E-state index contributed by atoms with van der Waals surface area (Å²) in [4.78, 5) is 37.1. The molecule has 43 heavy (non-hydrogen) atoms. The third-order valence-corrected chi connectivity index (χ3v) is 7.89. The van der Waals surface area contributed by atoms with Crippen LogP contribution in [0.25, 0.3) is 0 Å². The smallest absolute Gasteiger partial charge is 0.408 e. The third kappa shape index (κ3) is 23.7. The van der Waals surface area contributed by atoms with Crippen molar-refractivity contribution in [2.24, 2.45) is 0 Å². The zero-order valence-corrected chi connectivity index (χ0v) is 28.2. The largest absolute Gasteiger partial charge is 0.459 e. The van der Waals surface area contributed by atoms with Gasteiger partial charge in [-0.1, -0.05) is 121 Å². The van der Waals surface area contributed by atoms with Crippen molar-refractivity contribution >= 4 is 29.9 Å². The van der Waals surface area contributed by atoms with Gasteiger partial charge in [0, 0.05) is 24.6 Å². The molecule has 0 saturated heterocycles. The molecule has 3 N–H and O–H groups in total. The summed E-state index contributed by atoms with van der Waals surface area (Å²) in [6, 6.07) is 8.34. The number of urea groups is 1. The molecular formula is C34H59N3O5S. The van der Waals surface area contributed by atoms with Gasteiger partial charge in [0.1, 0.15) is 18.2 Å². The van der Waals surface area contributed by atoms with E-state index in [9.17, 15) is 14.4 Å². The van der Waals surface area contributed by atoms with Crippen molar-refractivity contribution in [3.05, 3.63) is 35.9 Å². The number of benzene rings is 1. The average molecular weight is 622 g/mol. The van der Waals surface area contributed by atoms with Gasteiger partial charge in [-0.15, -0.1) is 0 Å². The molecule has 1 aromatic carbocycles. The average Bonchev–Trinajstić information content (AvgIpc) is 2.96. The Labute approximate surface area is 265 Å². The van der Waals surface area contributed by atoms with E-state index in [1.54, 1.807) is 20.8 Å². The number of ether oxygens (including phenoxy) is 2. The lowest BCUT2D eigenvalue weighted by molar-refractivity contribution is -0.146. The molecule has 0 heterocycles. The van der Waals surface area contributed by atoms with Crippen LogP contribution in [0.3, 0.4) is 0 Å². The molecule has 0 aliphatic carbocycles. The van der Waals surface area contributed by atoms with Crippen LogP contribution in [-0.2, 0) is 20.9 Å². The number of alkyl carbamates (subject to hydrolysis) is 1. The maximum absolute atomic E-state index is 12.7. The van der Waals surface area contributed by atoms with Crippen LogP contribution in [-0.4, -0.2) is 54.3 Å². The zero-order chi connectivity index (χ0) is 31.6. The molecular weight excluding hydrogens is 562 g/mol. The van der Waals surface area contributed by atoms with Gasteiger partial charge in [0.25, 0.3) is 0 Å². The molecule has 0 bridgehead atoms. The van der Waals surface area contributed by atoms with E-state index in [0.29, 0.717) is 24.6 Å². The Morgan fingerprint density at radius 2 is 1.30 bits per heavy atom. The Bertz CT molecular complexity index is 863. The quantitative estimate of drug-likeness (QED) is 0.0795. The van der Waals surface area contributed by atoms with E-state index >= 15 is 0 Å². The first kappa shape index (κ1) is 38.6. The lowest BCUT2D eigenvalue weighted by Gasteiger charge is -2.23. The molecule has 0 aromatic heterocycles. The van der Waals surface area contributed by atoms with Crippen molar-refractivity contribution < 1.29 is 23.9 Å². The molecule has 3 amide bonds. The van der Waals surface area contributed by atoms with E-state index in [4.69, 9.17) is 9.47 Å². The molecule has 9 heteroatoms. The molecule has 0 radical (unpaired) electrons. The highest BCUT2D eigenvalue weighted by Crippen LogP contribution is 2.13. The summed E-state index contributed by atoms with van der Waals surface area (Å²) in [6.07, 6.45) is 17.7. The fourth-order valence-corrected chi connectivity index (χ4v) is 5.34. The van der Waals surface area contributed by atoms with Crippen molar-refractivity contribution in [1.82, 2.24) is 16.0 Å². The molecule has 0 fully saturated rings. The lowest BCUT2D eigenvalue weighted by Crippen LogP contribution is -2.46. The second-order valence-electron chi connectivity index (χ2n) is 12.1. The first-order chi connectivity index (χ1) is 20.7. The van der Waals surface area contributed by atoms with Crippen LogP contribution in [0.1, 0.15) is 123 Å². The van der Waals surface area contributed by atoms with Crippen molar-refractivity contribution in [1.29, 1.82) is 0 Å². The molecule has 1 aromatic rings. The molecule has 1 unspecified atom stereocenters. The highest BCUT2D eigenvalue weighted by Gasteiger charge is 2.25. The van der Waals surface area contributed by atoms with Crippen LogP contribution >= 0.6 is 11.8 Å². The van der Waals surface area contributed by atoms with Gasteiger partial charge in [0.2, 0.25) is 0 Å². The fraction of sp³-hybridized carbons (Fsp3) is 0.735. The maximum atomic E-state index is 12.7. The van der Waals surface area contributed by atoms with E-state index in [1.807, 2.05) is 30.3 Å². The monoisotopic (exact) mass is 621 g/mol. The number of hydrogen-bond donors (Lipinski definition) is 3. The number of carbonyl (C=O) groups excluding carboxylic acids is 3. The number of carbonyl (C=O) groups is 3. The second kappa shape index (κ2) is 25.0. The summed E-state index contributed by atoms with van der Waals surface area (Å²) < 4.78 is 10.7. The molecule has 8 nitrogen and oxygen atoms in total. The number of thioether (sulfide) groups is 1. The minimum atomic E-state index is -0.863. The maximum Gasteiger partial charge on any atom is 0.408 e. The standard InChI is InChI=1S/C34H59N3O5S/c1-5-6-7-8-9-10-11-12-13-14-15-16-17-21-24-35-32(39)36-25-26-43-28-30(37-33(40)42-34(2,3)4)31(38)41-27-29-22-19-18-20-23-29/h18-20,22-23,30H,5-17,21,24-28H2,1-4H3,(H,37,40)(H2,35,36,39). The van der Waals surface area contributed by atoms with Gasteiger partial charge in [-0.3, -0.25) is 0 Å². The Kier molecular flexibility index (Phi) is 22.4. The number of hydrogen-bond acceptors (Lipinski definition) is 6. The highest BCUT2D eigenvalue weighted by molar-refractivity contribution is 7.99. The Morgan fingerprint density at radius 1 is 0.767 bits per heavy atom. The summed E-state index contributed by atoms with van der Waals surface area (Å²) in [5, 5.41) is 8.40. The Hall–Kier alpha value is -2.42. The number of nitrogens with one attached hydrogen (secondary N) is 3. The Balaban J connectivity index is 2.12. The number of amides is 3. The first-order valence-electron chi connectivity index (χ1n) is 16.5. The second-order valence-corrected chi connectivity index (χ2v) is 13.3. The van der Waals surface area contributed by atoms with Crippen LogP contribution in [0, 0.1) is 0 Å². The summed E-state index contributed by atoms with van der Waals surface area (Å²) >= 11 is 1.45. The van der Waals surface area contributed by atoms with Gasteiger partial charge in [0.05, 0.1) is 0 Å². The van der Waals surface area contributed by atoms with Gasteiger partial charge in [-0.05, 0) is 32.8 Å². The molecule has 0 saturated carbocycles. The number of esters is 1. The number of unbranched alkanes of at least 4 members (excludes halogenated alkanes) is 13. The van der Waals surface area contributed by atoms with Crippen molar-refractivity contribution in [3.63, 3.8) is 0 Å². The summed E-state index contributed by atoms with van der Waals surface area (Å²) in [6.45, 7) is 8.80. The topological polar surface area (TPSA) is 106 Å². The predicted octanol–water partition coefficient (Wildman–Crippen LogP) is 8.14. The van der Waals surface area contributed by atoms with E-state index < -0.39 is 23.7 Å². The summed E-state index contributed by atoms with van der Waals surface area (Å²) in [7, 11) is 0. The lowest BCUT2D eigenvalue weighted by atomic mass is 10.0. The summed E-state index contributed by atoms with van der Waals surface area (Å²) in [5.41, 5.74) is 0.184. The van der Waals surface area contributed by atoms with E-state index in [2.05, 4.69) is 22.9 Å². The SMILES string of the molecule is CCCCCCCCCCCCCCCCNC(=O)NCCSCC(NC(=O)OC(C)(C)C)C(=O)OCc1ccccc1. The van der Waals surface area contributed by atoms with Crippen LogP contribution in [0.4, 0.5) is 9.59 Å². The zero-order valence-electron chi connectivity index (χ0n) is 27.3. The number of rotatable bonds is 24. The molecule has 1 atom stereocenters. The van der Waals surface area contributed by atoms with Gasteiger partial charge in [0.15, 0.2) is 0 Å². The normalized spacial score (nSPS) is 11.9. The van der Waals surface area contributed by atoms with Crippen LogP contribution in [0.2, 0.25) is 0 Å². The summed E-state index contributed by atoms with van der Waals surface area (Å²) in [5.74, 6) is 0.362. The fourth-order valence-electron chi connectivity index (χ4n) is 4.47. The predicted molar refractivity (Wildman–Crippen MR) is 178 cm³/mol. The van der Waals surface area contributed by atoms with Gasteiger partial charge >= 0.3 is 18.1 Å². The molecule has 0 spiro atoms. The molecule has 0 aliphatic rings. The van der Waals surface area contributed by atoms with E-state index in [1.165, 1.54) is 88.8 Å². The molecule has 0 aliphatic heterocycles. The van der Waals surface area contributed by atoms with Crippen molar-refractivity contribution in [2.45, 2.75) is 136 Å². The van der Waals surface area contributed by atoms with Crippen LogP contribution < -0.4 is 16.0 Å². The van der Waals surface area contributed by atoms with Crippen LogP contribution in [0.15, 0.2) is 30.3 Å². The van der Waals surface area contributed by atoms with Crippen LogP contribution in [0.5, 0.6) is 0 Å². The first-order valence-corrected chi connectivity index (χ1v) is 17.7. The van der Waals surface area contributed by atoms with Crippen molar-refractivity contribution in [3.8, 4) is 0 Å². The minimum absolute atomic E-state index is 0.123. The minimum Gasteiger partial charge on any atom is -0.459 e. The highest BCUT2D eigenvalue weighted by atomic mass is 32.2. The third-order valence-electron chi connectivity index (χ3n) is 6.83. The van der Waals surface area contributed by atoms with Gasteiger partial charge in [-0.25, -0.2) is 14.4 Å². The molecule has 246 valence electrons.